The SMILES string of the molecule is CC[C@H](C)[C@@H]([C@@H](CC(=O)N1CCC[C@H]1[C@H](OC)[C@@H](C)C(=O)N[C@@H](Cc1ccccc1)c1nccs1)OC)N(C)C(=O)[C@@H](NC(=O)[C@H](C(C)C)N(C)C(=O)OCc1ccc(NC(=O)[C@H](CCCNC(N)=O)CC(=O)[C@@H](NC(=O)[C@H](Cc2ccc(NC(=O)/C(=C\C(=O)O)SC)cc2)N2C(=O)C=C(SC)C2=O)C(C)C)cc1)C(C)C. The van der Waals surface area contributed by atoms with Crippen LogP contribution in [0.15, 0.2) is 112 Å². The summed E-state index contributed by atoms with van der Waals surface area (Å²) in [4.78, 5) is 188. The van der Waals surface area contributed by atoms with E-state index in [1.807, 2.05) is 49.6 Å². The van der Waals surface area contributed by atoms with Crippen molar-refractivity contribution in [3.05, 3.63) is 134 Å². The lowest BCUT2D eigenvalue weighted by atomic mass is 9.89. The number of nitrogens with one attached hydrogen (secondary N) is 6. The van der Waals surface area contributed by atoms with E-state index in [-0.39, 0.29) is 78.1 Å². The van der Waals surface area contributed by atoms with Crippen LogP contribution in [0.25, 0.3) is 0 Å². The molecule has 9 N–H and O–H groups in total. The summed E-state index contributed by atoms with van der Waals surface area (Å²) in [7, 11) is 6.11. The number of ether oxygens (including phenoxy) is 3. The van der Waals surface area contributed by atoms with Gasteiger partial charge in [-0.25, -0.2) is 19.4 Å². The van der Waals surface area contributed by atoms with Crippen LogP contribution in [0.1, 0.15) is 135 Å². The lowest BCUT2D eigenvalue weighted by Gasteiger charge is -2.41. The Morgan fingerprint density at radius 3 is 1.92 bits per heavy atom. The van der Waals surface area contributed by atoms with Gasteiger partial charge in [0.25, 0.3) is 17.7 Å². The van der Waals surface area contributed by atoms with E-state index in [4.69, 9.17) is 19.9 Å². The number of nitrogens with two attached hydrogens (primary N) is 1. The van der Waals surface area contributed by atoms with Gasteiger partial charge >= 0.3 is 18.1 Å². The number of carbonyl (C=O) groups excluding carboxylic acids is 12. The van der Waals surface area contributed by atoms with Crippen molar-refractivity contribution < 1.29 is 81.6 Å². The number of aliphatic carboxylic acids is 1. The Balaban J connectivity index is 1.08. The monoisotopic (exact) mass is 1610 g/mol. The molecule has 3 aromatic carbocycles. The maximum Gasteiger partial charge on any atom is 0.410 e. The minimum atomic E-state index is -1.48. The molecule has 12 atom stereocenters. The lowest BCUT2D eigenvalue weighted by molar-refractivity contribution is -0.148. The fourth-order valence-corrected chi connectivity index (χ4v) is 15.7. The third-order valence-electron chi connectivity index (χ3n) is 20.3. The number of anilines is 2. The molecule has 2 aliphatic heterocycles. The number of urea groups is 1. The number of carbonyl (C=O) groups is 13. The number of primary amides is 1. The molecule has 1 fully saturated rings. The lowest BCUT2D eigenvalue weighted by Crippen LogP contribution is -2.60. The average Bonchev–Trinajstić information content (AvgIpc) is 1.67. The second-order valence-corrected chi connectivity index (χ2v) is 31.8. The molecule has 0 saturated carbocycles. The first-order chi connectivity index (χ1) is 53.2. The van der Waals surface area contributed by atoms with Crippen molar-refractivity contribution in [3.8, 4) is 0 Å². The van der Waals surface area contributed by atoms with Crippen molar-refractivity contribution in [1.82, 2.24) is 45.9 Å². The summed E-state index contributed by atoms with van der Waals surface area (Å²) in [6, 6.07) is 15.1. The maximum absolute atomic E-state index is 15.0. The van der Waals surface area contributed by atoms with Gasteiger partial charge in [0, 0.05) is 95.3 Å². The minimum absolute atomic E-state index is 0.0614. The third kappa shape index (κ3) is 25.5. The number of ketones is 1. The fraction of sp³-hybridized carbons (Fsp3) is 0.525. The molecule has 6 rings (SSSR count). The number of Topliss-reactive ketones (excluding diaryl/α,β-unsaturated/α-hetero) is 1. The highest BCUT2D eigenvalue weighted by Crippen LogP contribution is 2.33. The van der Waals surface area contributed by atoms with Gasteiger partial charge in [0.05, 0.1) is 58.5 Å². The Hall–Kier alpha value is -9.50. The highest BCUT2D eigenvalue weighted by molar-refractivity contribution is 8.03. The molecular weight excluding hydrogens is 1500 g/mol. The predicted octanol–water partition coefficient (Wildman–Crippen LogP) is 8.50. The fourth-order valence-electron chi connectivity index (χ4n) is 14.1. The number of likely N-dealkylation sites (N-methyl/N-ethyl adjacent to an activating group) is 2. The summed E-state index contributed by atoms with van der Waals surface area (Å²) in [5, 5.41) is 28.7. The van der Waals surface area contributed by atoms with Crippen LogP contribution in [-0.2, 0) is 86.4 Å². The number of likely N-dealkylation sites (tertiary alicyclic amines) is 1. The number of hydrogen-bond acceptors (Lipinski definition) is 20. The third-order valence-corrected chi connectivity index (χ3v) is 22.6. The van der Waals surface area contributed by atoms with Crippen LogP contribution in [-0.4, -0.2) is 209 Å². The van der Waals surface area contributed by atoms with Crippen molar-refractivity contribution in [2.45, 2.75) is 181 Å². The minimum Gasteiger partial charge on any atom is -0.478 e. The number of carboxylic acid groups (broad SMARTS) is 1. The average molecular weight is 1610 g/mol. The second-order valence-electron chi connectivity index (χ2n) is 29.2. The van der Waals surface area contributed by atoms with E-state index in [1.54, 1.807) is 128 Å². The van der Waals surface area contributed by atoms with Gasteiger partial charge in [0.15, 0.2) is 5.78 Å². The molecule has 32 heteroatoms. The summed E-state index contributed by atoms with van der Waals surface area (Å²) in [5.74, 6) is -10.3. The van der Waals surface area contributed by atoms with Crippen molar-refractivity contribution in [1.29, 1.82) is 0 Å². The summed E-state index contributed by atoms with van der Waals surface area (Å²) < 4.78 is 18.0. The molecule has 0 unspecified atom stereocenters. The van der Waals surface area contributed by atoms with E-state index in [2.05, 4.69) is 36.9 Å². The first kappa shape index (κ1) is 91.4. The van der Waals surface area contributed by atoms with E-state index < -0.39 is 150 Å². The molecule has 12 amide bonds. The molecule has 29 nitrogen and oxygen atoms in total. The normalized spacial score (nSPS) is 16.7. The number of nitrogens with zero attached hydrogens (tertiary/aromatic N) is 5. The van der Waals surface area contributed by atoms with Gasteiger partial charge in [0.2, 0.25) is 35.4 Å². The van der Waals surface area contributed by atoms with Crippen molar-refractivity contribution in [3.63, 3.8) is 0 Å². The van der Waals surface area contributed by atoms with E-state index in [0.717, 1.165) is 56.0 Å². The molecule has 1 saturated heterocycles. The van der Waals surface area contributed by atoms with Gasteiger partial charge in [-0.05, 0) is 109 Å². The molecule has 2 aliphatic rings. The Bertz CT molecular complexity index is 3980. The number of benzene rings is 3. The zero-order valence-electron chi connectivity index (χ0n) is 66.5. The van der Waals surface area contributed by atoms with Crippen LogP contribution in [0.5, 0.6) is 0 Å². The summed E-state index contributed by atoms with van der Waals surface area (Å²) in [6.07, 6.45) is 6.43. The first-order valence-electron chi connectivity index (χ1n) is 37.5. The molecule has 1 aromatic heterocycles. The number of amides is 12. The molecule has 610 valence electrons. The first-order valence-corrected chi connectivity index (χ1v) is 40.9. The van der Waals surface area contributed by atoms with E-state index in [9.17, 15) is 67.4 Å². The Morgan fingerprint density at radius 1 is 0.741 bits per heavy atom. The summed E-state index contributed by atoms with van der Waals surface area (Å²) >= 11 is 3.41. The molecule has 0 radical (unpaired) electrons. The highest BCUT2D eigenvalue weighted by atomic mass is 32.2. The summed E-state index contributed by atoms with van der Waals surface area (Å²) in [5.41, 5.74) is 7.88. The summed E-state index contributed by atoms with van der Waals surface area (Å²) in [6.45, 7) is 16.4. The van der Waals surface area contributed by atoms with Crippen LogP contribution in [0.2, 0.25) is 0 Å². The van der Waals surface area contributed by atoms with Crippen molar-refractivity contribution >= 4 is 123 Å². The van der Waals surface area contributed by atoms with E-state index in [1.165, 1.54) is 37.6 Å². The molecule has 3 heterocycles. The zero-order chi connectivity index (χ0) is 82.8. The molecule has 4 aromatic rings. The number of rotatable bonds is 43. The van der Waals surface area contributed by atoms with E-state index >= 15 is 0 Å². The number of aromatic nitrogens is 1. The molecule has 0 bridgehead atoms. The number of carboxylic acids is 1. The number of imide groups is 1. The van der Waals surface area contributed by atoms with Gasteiger partial charge < -0.3 is 66.8 Å². The Morgan fingerprint density at radius 2 is 1.37 bits per heavy atom. The van der Waals surface area contributed by atoms with Crippen LogP contribution in [0.4, 0.5) is 21.0 Å². The van der Waals surface area contributed by atoms with Gasteiger partial charge in [-0.2, -0.15) is 0 Å². The van der Waals surface area contributed by atoms with Gasteiger partial charge in [-0.1, -0.05) is 123 Å². The van der Waals surface area contributed by atoms with Crippen molar-refractivity contribution in [2.75, 3.05) is 64.5 Å². The van der Waals surface area contributed by atoms with Crippen LogP contribution in [0.3, 0.4) is 0 Å². The topological polar surface area (TPSA) is 394 Å². The van der Waals surface area contributed by atoms with Crippen LogP contribution >= 0.6 is 34.9 Å². The molecule has 0 spiro atoms. The Kier molecular flexibility index (Phi) is 36.0. The standard InChI is InChI=1S/C80H110N12O17S3/c1-16-48(8)69(60(107-12)41-63(94)91-36-21-25-57(91)70(108-13)49(9)71(98)86-56(76-82-35-37-112-76)38-50-22-18-17-19-23-50)89(10)78(104)67(46(4)5)88-75(102)68(47(6)7)90(11)80(106)109-44-52-28-32-54(33-29-52)84-72(99)53(24-20-34-83-79(81)105)40-59(93)66(45(2)3)87-73(100)58(92-64(95)42-62(111-15)77(92)103)39-51-26-30-55(31-27-51)85-74(101)61(110-14)43-65(96)97/h17-19,22-23,26-33,35,37,42-43,45-49,53,56-58,60,66-70H,16,20-21,24-25,34,36,38-41,44H2,1-15H3,(H,84,99)(H,85,101)(H,86,98)(H,87,100)(H,88,102)(H,96,97)(H3,81,83,105)/b61-43+/t48-,49+,53+,56-,57-,58-,60+,66-,67-,68-,69-,70+/m0/s1. The number of hydrogen-bond donors (Lipinski definition) is 8. The molecule has 112 heavy (non-hydrogen) atoms. The number of thiazole rings is 1. The second kappa shape index (κ2) is 44.1. The number of methoxy groups -OCH3 is 2. The van der Waals surface area contributed by atoms with E-state index in [0.29, 0.717) is 49.0 Å². The zero-order valence-corrected chi connectivity index (χ0v) is 68.9. The van der Waals surface area contributed by atoms with Gasteiger partial charge in [-0.3, -0.25) is 57.7 Å². The van der Waals surface area contributed by atoms with Crippen LogP contribution in [0, 0.1) is 35.5 Å². The highest BCUT2D eigenvalue weighted by Gasteiger charge is 2.46. The number of thioether (sulfide) groups is 2. The predicted molar refractivity (Wildman–Crippen MR) is 430 cm³/mol. The van der Waals surface area contributed by atoms with Gasteiger partial charge in [-0.15, -0.1) is 34.9 Å². The smallest absolute Gasteiger partial charge is 0.410 e. The largest absolute Gasteiger partial charge is 0.478 e. The molecular formula is C80H110N12O17S3. The Labute approximate surface area is 668 Å². The van der Waals surface area contributed by atoms with Gasteiger partial charge in [0.1, 0.15) is 29.7 Å². The quantitative estimate of drug-likeness (QED) is 0.0117. The van der Waals surface area contributed by atoms with Crippen molar-refractivity contribution in [2.24, 2.45) is 41.2 Å². The van der Waals surface area contributed by atoms with Crippen LogP contribution < -0.4 is 37.6 Å². The molecule has 0 aliphatic carbocycles. The maximum atomic E-state index is 15.0.